The van der Waals surface area contributed by atoms with E-state index in [1.165, 1.54) is 49.0 Å². The van der Waals surface area contributed by atoms with Gasteiger partial charge in [0.1, 0.15) is 0 Å². The highest BCUT2D eigenvalue weighted by Crippen LogP contribution is 2.32. The van der Waals surface area contributed by atoms with Crippen molar-refractivity contribution in [3.8, 4) is 0 Å². The van der Waals surface area contributed by atoms with E-state index >= 15 is 0 Å². The van der Waals surface area contributed by atoms with Crippen LogP contribution < -0.4 is 0 Å². The maximum absolute atomic E-state index is 12.0. The molecule has 0 saturated heterocycles. The summed E-state index contributed by atoms with van der Waals surface area (Å²) >= 11 is 2.92. The Labute approximate surface area is 169 Å². The second-order valence-electron chi connectivity index (χ2n) is 6.36. The first-order valence-corrected chi connectivity index (χ1v) is 11.2. The standard InChI is InChI=1S/C20H28N2O3S2/c1-4-6-7-8-9-10-13-22(15(3)23)27-20-21-17-14-16(19(24)25-5-2)11-12-18(17)26-20/h11-12,14H,4-10,13H2,1-3H3. The second kappa shape index (κ2) is 11.3. The first-order chi connectivity index (χ1) is 13.0. The maximum atomic E-state index is 12.0. The molecule has 1 heterocycles. The smallest absolute Gasteiger partial charge is 0.338 e. The number of nitrogens with zero attached hydrogens (tertiary/aromatic N) is 2. The summed E-state index contributed by atoms with van der Waals surface area (Å²) in [5, 5.41) is 0. The van der Waals surface area contributed by atoms with E-state index in [4.69, 9.17) is 4.74 Å². The predicted octanol–water partition coefficient (Wildman–Crippen LogP) is 5.69. The van der Waals surface area contributed by atoms with Crippen molar-refractivity contribution in [2.24, 2.45) is 0 Å². The fraction of sp³-hybridized carbons (Fsp3) is 0.550. The highest BCUT2D eigenvalue weighted by Gasteiger charge is 2.15. The van der Waals surface area contributed by atoms with Crippen LogP contribution in [-0.2, 0) is 9.53 Å². The molecule has 148 valence electrons. The number of ether oxygens (including phenoxy) is 1. The van der Waals surface area contributed by atoms with Crippen molar-refractivity contribution < 1.29 is 14.3 Å². The molecule has 1 aromatic carbocycles. The molecule has 0 N–H and O–H groups in total. The number of benzene rings is 1. The molecular formula is C20H28N2O3S2. The van der Waals surface area contributed by atoms with E-state index in [-0.39, 0.29) is 11.9 Å². The lowest BCUT2D eigenvalue weighted by Crippen LogP contribution is -2.22. The zero-order chi connectivity index (χ0) is 19.6. The van der Waals surface area contributed by atoms with Crippen molar-refractivity contribution in [3.63, 3.8) is 0 Å². The van der Waals surface area contributed by atoms with E-state index in [0.717, 1.165) is 33.9 Å². The molecule has 0 radical (unpaired) electrons. The van der Waals surface area contributed by atoms with Gasteiger partial charge in [-0.3, -0.25) is 9.10 Å². The van der Waals surface area contributed by atoms with E-state index in [9.17, 15) is 9.59 Å². The number of rotatable bonds is 11. The first kappa shape index (κ1) is 21.7. The summed E-state index contributed by atoms with van der Waals surface area (Å²) in [5.41, 5.74) is 1.26. The minimum Gasteiger partial charge on any atom is -0.462 e. The lowest BCUT2D eigenvalue weighted by atomic mass is 10.1. The molecule has 0 aliphatic heterocycles. The molecular weight excluding hydrogens is 380 g/mol. The van der Waals surface area contributed by atoms with Crippen LogP contribution in [0.2, 0.25) is 0 Å². The summed E-state index contributed by atoms with van der Waals surface area (Å²) in [6.07, 6.45) is 7.17. The monoisotopic (exact) mass is 408 g/mol. The summed E-state index contributed by atoms with van der Waals surface area (Å²) in [5.74, 6) is -0.296. The molecule has 1 amide bonds. The van der Waals surface area contributed by atoms with E-state index in [0.29, 0.717) is 12.2 Å². The SMILES string of the molecule is CCCCCCCCN(Sc1nc2cc(C(=O)OCC)ccc2s1)C(C)=O. The van der Waals surface area contributed by atoms with Crippen molar-refractivity contribution in [1.29, 1.82) is 0 Å². The summed E-state index contributed by atoms with van der Waals surface area (Å²) in [6.45, 7) is 6.67. The average molecular weight is 409 g/mol. The van der Waals surface area contributed by atoms with Crippen molar-refractivity contribution >= 4 is 45.4 Å². The van der Waals surface area contributed by atoms with E-state index in [2.05, 4.69) is 11.9 Å². The lowest BCUT2D eigenvalue weighted by Gasteiger charge is -2.17. The van der Waals surface area contributed by atoms with Gasteiger partial charge in [0.15, 0.2) is 4.34 Å². The number of carbonyl (C=O) groups excluding carboxylic acids is 2. The number of fused-ring (bicyclic) bond motifs is 1. The van der Waals surface area contributed by atoms with Crippen molar-refractivity contribution in [2.75, 3.05) is 13.2 Å². The minimum atomic E-state index is -0.338. The Morgan fingerprint density at radius 2 is 1.89 bits per heavy atom. The zero-order valence-corrected chi connectivity index (χ0v) is 18.0. The number of thiazole rings is 1. The third kappa shape index (κ3) is 6.81. The van der Waals surface area contributed by atoms with Crippen LogP contribution in [0.4, 0.5) is 0 Å². The second-order valence-corrected chi connectivity index (χ2v) is 8.66. The van der Waals surface area contributed by atoms with E-state index in [1.807, 2.05) is 6.07 Å². The number of aromatic nitrogens is 1. The molecule has 0 unspecified atom stereocenters. The molecule has 0 fully saturated rings. The van der Waals surface area contributed by atoms with Gasteiger partial charge in [-0.15, -0.1) is 11.3 Å². The quantitative estimate of drug-likeness (QED) is 0.272. The fourth-order valence-electron chi connectivity index (χ4n) is 2.68. The molecule has 0 saturated carbocycles. The third-order valence-corrected chi connectivity index (χ3v) is 6.35. The van der Waals surface area contributed by atoms with Crippen molar-refractivity contribution in [1.82, 2.24) is 9.29 Å². The van der Waals surface area contributed by atoms with Crippen LogP contribution in [0.3, 0.4) is 0 Å². The minimum absolute atomic E-state index is 0.0417. The molecule has 2 rings (SSSR count). The van der Waals surface area contributed by atoms with Gasteiger partial charge in [-0.25, -0.2) is 9.78 Å². The molecule has 0 spiro atoms. The number of unbranched alkanes of at least 4 members (excludes halogenated alkanes) is 5. The van der Waals surface area contributed by atoms with Gasteiger partial charge in [0.25, 0.3) is 0 Å². The summed E-state index contributed by atoms with van der Waals surface area (Å²) in [4.78, 5) is 28.4. The Kier molecular flexibility index (Phi) is 9.07. The lowest BCUT2D eigenvalue weighted by molar-refractivity contribution is -0.123. The largest absolute Gasteiger partial charge is 0.462 e. The van der Waals surface area contributed by atoms with Crippen molar-refractivity contribution in [2.45, 2.75) is 63.6 Å². The van der Waals surface area contributed by atoms with E-state index < -0.39 is 0 Å². The van der Waals surface area contributed by atoms with Crippen LogP contribution in [0, 0.1) is 0 Å². The molecule has 2 aromatic rings. The number of hydrogen-bond donors (Lipinski definition) is 0. The topological polar surface area (TPSA) is 59.5 Å². The molecule has 0 bridgehead atoms. The van der Waals surface area contributed by atoms with Crippen LogP contribution >= 0.6 is 23.3 Å². The molecule has 27 heavy (non-hydrogen) atoms. The number of hydrogen-bond acceptors (Lipinski definition) is 6. The Morgan fingerprint density at radius 3 is 2.59 bits per heavy atom. The van der Waals surface area contributed by atoms with Gasteiger partial charge in [0, 0.05) is 25.4 Å². The highest BCUT2D eigenvalue weighted by molar-refractivity contribution is 7.99. The van der Waals surface area contributed by atoms with Gasteiger partial charge < -0.3 is 4.74 Å². The molecule has 7 heteroatoms. The molecule has 1 aromatic heterocycles. The average Bonchev–Trinajstić information content (AvgIpc) is 3.05. The van der Waals surface area contributed by atoms with Gasteiger partial charge in [-0.1, -0.05) is 39.0 Å². The van der Waals surface area contributed by atoms with E-state index in [1.54, 1.807) is 30.3 Å². The number of esters is 1. The van der Waals surface area contributed by atoms with Crippen LogP contribution in [-0.4, -0.2) is 34.3 Å². The molecule has 0 aliphatic carbocycles. The summed E-state index contributed by atoms with van der Waals surface area (Å²) in [7, 11) is 0. The van der Waals surface area contributed by atoms with Gasteiger partial charge in [0.05, 0.1) is 22.4 Å². The Bertz CT molecular complexity index is 761. The third-order valence-electron chi connectivity index (χ3n) is 4.13. The van der Waals surface area contributed by atoms with Crippen LogP contribution in [0.1, 0.15) is 69.7 Å². The Balaban J connectivity index is 1.97. The Morgan fingerprint density at radius 1 is 1.15 bits per heavy atom. The Hall–Kier alpha value is -1.60. The zero-order valence-electron chi connectivity index (χ0n) is 16.3. The van der Waals surface area contributed by atoms with Gasteiger partial charge in [0.2, 0.25) is 5.91 Å². The molecule has 5 nitrogen and oxygen atoms in total. The highest BCUT2D eigenvalue weighted by atomic mass is 32.2. The summed E-state index contributed by atoms with van der Waals surface area (Å²) < 4.78 is 8.63. The van der Waals surface area contributed by atoms with Crippen LogP contribution in [0.25, 0.3) is 10.2 Å². The molecule has 0 atom stereocenters. The van der Waals surface area contributed by atoms with Crippen LogP contribution in [0.15, 0.2) is 22.5 Å². The number of carbonyl (C=O) groups is 2. The van der Waals surface area contributed by atoms with Gasteiger partial charge in [-0.05, 0) is 31.5 Å². The number of amides is 1. The van der Waals surface area contributed by atoms with Crippen molar-refractivity contribution in [3.05, 3.63) is 23.8 Å². The summed E-state index contributed by atoms with van der Waals surface area (Å²) in [6, 6.07) is 5.39. The van der Waals surface area contributed by atoms with Gasteiger partial charge >= 0.3 is 5.97 Å². The van der Waals surface area contributed by atoms with Crippen LogP contribution in [0.5, 0.6) is 0 Å². The normalized spacial score (nSPS) is 10.9. The maximum Gasteiger partial charge on any atom is 0.338 e. The molecule has 0 aliphatic rings. The predicted molar refractivity (Wildman–Crippen MR) is 112 cm³/mol. The fourth-order valence-corrected chi connectivity index (χ4v) is 4.73. The van der Waals surface area contributed by atoms with Gasteiger partial charge in [-0.2, -0.15) is 0 Å². The first-order valence-electron chi connectivity index (χ1n) is 9.59.